The fourth-order valence-electron chi connectivity index (χ4n) is 3.55. The molecule has 1 atom stereocenters. The lowest BCUT2D eigenvalue weighted by Gasteiger charge is -2.36. The highest BCUT2D eigenvalue weighted by atomic mass is 32.2. The van der Waals surface area contributed by atoms with E-state index < -0.39 is 27.7 Å². The number of hydrogen-bond donors (Lipinski definition) is 1. The molecule has 1 saturated heterocycles. The molecule has 162 valence electrons. The lowest BCUT2D eigenvalue weighted by molar-refractivity contribution is -0.121. The summed E-state index contributed by atoms with van der Waals surface area (Å²) in [5, 5.41) is 2.57. The van der Waals surface area contributed by atoms with Crippen LogP contribution in [0.5, 0.6) is 0 Å². The number of carbonyl (C=O) groups excluding carboxylic acids is 1. The van der Waals surface area contributed by atoms with Crippen LogP contribution in [0.15, 0.2) is 41.3 Å². The first-order chi connectivity index (χ1) is 14.1. The maximum absolute atomic E-state index is 13.3. The fraction of sp³-hybridized carbons (Fsp3) is 0.381. The number of carbonyl (C=O) groups is 1. The van der Waals surface area contributed by atoms with E-state index in [0.717, 1.165) is 17.7 Å². The van der Waals surface area contributed by atoms with Crippen molar-refractivity contribution < 1.29 is 22.0 Å². The van der Waals surface area contributed by atoms with Crippen LogP contribution >= 0.6 is 0 Å². The summed E-state index contributed by atoms with van der Waals surface area (Å²) < 4.78 is 53.8. The first kappa shape index (κ1) is 22.3. The zero-order valence-corrected chi connectivity index (χ0v) is 18.0. The summed E-state index contributed by atoms with van der Waals surface area (Å²) in [6.45, 7) is 6.68. The molecule has 2 aromatic carbocycles. The fourth-order valence-corrected chi connectivity index (χ4v) is 5.17. The molecule has 0 bridgehead atoms. The monoisotopic (exact) mass is 437 g/mol. The molecule has 3 rings (SSSR count). The van der Waals surface area contributed by atoms with Crippen LogP contribution in [0.25, 0.3) is 0 Å². The van der Waals surface area contributed by atoms with Crippen molar-refractivity contribution >= 4 is 21.6 Å². The second kappa shape index (κ2) is 8.79. The lowest BCUT2D eigenvalue weighted by atomic mass is 10.2. The highest BCUT2D eigenvalue weighted by Crippen LogP contribution is 2.23. The van der Waals surface area contributed by atoms with Crippen LogP contribution in [0.4, 0.5) is 14.5 Å². The number of halogens is 2. The molecule has 0 radical (unpaired) electrons. The molecule has 9 heteroatoms. The first-order valence-electron chi connectivity index (χ1n) is 9.67. The number of rotatable bonds is 5. The molecule has 1 heterocycles. The average Bonchev–Trinajstić information content (AvgIpc) is 2.70. The van der Waals surface area contributed by atoms with Gasteiger partial charge in [-0.3, -0.25) is 9.69 Å². The molecule has 0 saturated carbocycles. The maximum atomic E-state index is 13.3. The lowest BCUT2D eigenvalue weighted by Crippen LogP contribution is -2.54. The molecule has 0 aromatic heterocycles. The van der Waals surface area contributed by atoms with E-state index in [2.05, 4.69) is 5.32 Å². The van der Waals surface area contributed by atoms with E-state index >= 15 is 0 Å². The highest BCUT2D eigenvalue weighted by molar-refractivity contribution is 7.89. The molecule has 1 amide bonds. The van der Waals surface area contributed by atoms with Crippen molar-refractivity contribution in [1.82, 2.24) is 9.21 Å². The van der Waals surface area contributed by atoms with Crippen molar-refractivity contribution in [3.05, 3.63) is 59.2 Å². The molecule has 0 spiro atoms. The van der Waals surface area contributed by atoms with Crippen LogP contribution in [-0.2, 0) is 14.8 Å². The molecule has 6 nitrogen and oxygen atoms in total. The van der Waals surface area contributed by atoms with Gasteiger partial charge < -0.3 is 5.32 Å². The number of piperazine rings is 1. The molecule has 1 aliphatic rings. The topological polar surface area (TPSA) is 69.7 Å². The van der Waals surface area contributed by atoms with Crippen LogP contribution in [0, 0.1) is 25.5 Å². The van der Waals surface area contributed by atoms with Gasteiger partial charge >= 0.3 is 0 Å². The third-order valence-electron chi connectivity index (χ3n) is 5.34. The Hall–Kier alpha value is -2.36. The minimum Gasteiger partial charge on any atom is -0.325 e. The van der Waals surface area contributed by atoms with Crippen LogP contribution in [0.2, 0.25) is 0 Å². The van der Waals surface area contributed by atoms with Gasteiger partial charge in [-0.15, -0.1) is 0 Å². The summed E-state index contributed by atoms with van der Waals surface area (Å²) in [6.07, 6.45) is 0. The second-order valence-electron chi connectivity index (χ2n) is 7.50. The van der Waals surface area contributed by atoms with Gasteiger partial charge in [0, 0.05) is 37.9 Å². The van der Waals surface area contributed by atoms with Crippen LogP contribution < -0.4 is 5.32 Å². The number of aryl methyl sites for hydroxylation is 2. The Morgan fingerprint density at radius 3 is 2.27 bits per heavy atom. The molecule has 1 fully saturated rings. The number of amides is 1. The summed E-state index contributed by atoms with van der Waals surface area (Å²) in [7, 11) is -3.61. The van der Waals surface area contributed by atoms with E-state index in [-0.39, 0.29) is 24.7 Å². The quantitative estimate of drug-likeness (QED) is 0.781. The molecule has 1 N–H and O–H groups in total. The third kappa shape index (κ3) is 4.69. The van der Waals surface area contributed by atoms with E-state index in [1.165, 1.54) is 10.4 Å². The Bertz CT molecular complexity index is 1050. The predicted octanol–water partition coefficient (Wildman–Crippen LogP) is 2.92. The van der Waals surface area contributed by atoms with Gasteiger partial charge in [-0.1, -0.05) is 17.7 Å². The van der Waals surface area contributed by atoms with E-state index in [4.69, 9.17) is 0 Å². The van der Waals surface area contributed by atoms with Crippen molar-refractivity contribution in [2.75, 3.05) is 31.5 Å². The summed E-state index contributed by atoms with van der Waals surface area (Å²) in [5.41, 5.74) is 1.87. The van der Waals surface area contributed by atoms with Crippen molar-refractivity contribution in [2.45, 2.75) is 31.7 Å². The predicted molar refractivity (Wildman–Crippen MR) is 111 cm³/mol. The Labute approximate surface area is 175 Å². The largest absolute Gasteiger partial charge is 0.325 e. The zero-order valence-electron chi connectivity index (χ0n) is 17.2. The van der Waals surface area contributed by atoms with Crippen LogP contribution in [0.1, 0.15) is 18.1 Å². The summed E-state index contributed by atoms with van der Waals surface area (Å²) in [5.74, 6) is -2.39. The van der Waals surface area contributed by atoms with E-state index in [1.807, 2.05) is 17.9 Å². The summed E-state index contributed by atoms with van der Waals surface area (Å²) in [6, 6.07) is 7.86. The Balaban J connectivity index is 1.62. The van der Waals surface area contributed by atoms with Gasteiger partial charge in [0.1, 0.15) is 0 Å². The smallest absolute Gasteiger partial charge is 0.243 e. The SMILES string of the molecule is Cc1ccc(S(=O)(=O)N2CCN(C(C)C(=O)Nc3ccc(F)c(F)c3)CC2)c(C)c1. The van der Waals surface area contributed by atoms with E-state index in [9.17, 15) is 22.0 Å². The van der Waals surface area contributed by atoms with Crippen molar-refractivity contribution in [3.63, 3.8) is 0 Å². The Kier molecular flexibility index (Phi) is 6.54. The molecule has 1 unspecified atom stereocenters. The minimum absolute atomic E-state index is 0.168. The van der Waals surface area contributed by atoms with E-state index in [0.29, 0.717) is 23.5 Å². The normalized spacial score (nSPS) is 17.0. The molecular formula is C21H25F2N3O3S. The number of nitrogens with one attached hydrogen (secondary N) is 1. The maximum Gasteiger partial charge on any atom is 0.243 e. The molecule has 0 aliphatic carbocycles. The standard InChI is InChI=1S/C21H25F2N3O3S/c1-14-4-7-20(15(2)12-14)30(28,29)26-10-8-25(9-11-26)16(3)21(27)24-17-5-6-18(22)19(23)13-17/h4-7,12-13,16H,8-11H2,1-3H3,(H,24,27). The number of nitrogens with zero attached hydrogens (tertiary/aromatic N) is 2. The average molecular weight is 438 g/mol. The molecule has 1 aliphatic heterocycles. The first-order valence-corrected chi connectivity index (χ1v) is 11.1. The van der Waals surface area contributed by atoms with Gasteiger partial charge in [-0.25, -0.2) is 17.2 Å². The van der Waals surface area contributed by atoms with Crippen molar-refractivity contribution in [3.8, 4) is 0 Å². The third-order valence-corrected chi connectivity index (χ3v) is 7.39. The number of benzene rings is 2. The Morgan fingerprint density at radius 1 is 1.00 bits per heavy atom. The van der Waals surface area contributed by atoms with Crippen molar-refractivity contribution in [1.29, 1.82) is 0 Å². The van der Waals surface area contributed by atoms with Gasteiger partial charge in [-0.2, -0.15) is 4.31 Å². The van der Waals surface area contributed by atoms with Crippen LogP contribution in [-0.4, -0.2) is 55.8 Å². The van der Waals surface area contributed by atoms with Gasteiger partial charge in [0.15, 0.2) is 11.6 Å². The van der Waals surface area contributed by atoms with Gasteiger partial charge in [0.2, 0.25) is 15.9 Å². The molecule has 2 aromatic rings. The number of sulfonamides is 1. The van der Waals surface area contributed by atoms with Gasteiger partial charge in [0.05, 0.1) is 10.9 Å². The number of hydrogen-bond acceptors (Lipinski definition) is 4. The Morgan fingerprint density at radius 2 is 1.67 bits per heavy atom. The second-order valence-corrected chi connectivity index (χ2v) is 9.41. The van der Waals surface area contributed by atoms with Crippen LogP contribution in [0.3, 0.4) is 0 Å². The molecule has 30 heavy (non-hydrogen) atoms. The summed E-state index contributed by atoms with van der Waals surface area (Å²) >= 11 is 0. The van der Waals surface area contributed by atoms with Crippen molar-refractivity contribution in [2.24, 2.45) is 0 Å². The molecular weight excluding hydrogens is 412 g/mol. The van der Waals surface area contributed by atoms with E-state index in [1.54, 1.807) is 26.0 Å². The van der Waals surface area contributed by atoms with Gasteiger partial charge in [0.25, 0.3) is 0 Å². The highest BCUT2D eigenvalue weighted by Gasteiger charge is 2.32. The minimum atomic E-state index is -3.61. The number of anilines is 1. The summed E-state index contributed by atoms with van der Waals surface area (Å²) in [4.78, 5) is 14.6. The van der Waals surface area contributed by atoms with Gasteiger partial charge in [-0.05, 0) is 44.5 Å². The zero-order chi connectivity index (χ0) is 22.1.